The minimum absolute atomic E-state index is 0.224. The molecule has 3 nitrogen and oxygen atoms in total. The Morgan fingerprint density at radius 3 is 1.56 bits per heavy atom. The summed E-state index contributed by atoms with van der Waals surface area (Å²) in [5, 5.41) is 7.68. The van der Waals surface area contributed by atoms with E-state index in [2.05, 4.69) is 203 Å². The average Bonchev–Trinajstić information content (AvgIpc) is 3.92. The molecule has 0 unspecified atom stereocenters. The van der Waals surface area contributed by atoms with Crippen molar-refractivity contribution in [1.29, 1.82) is 0 Å². The van der Waals surface area contributed by atoms with Crippen LogP contribution in [0.5, 0.6) is 0 Å². The van der Waals surface area contributed by atoms with Gasteiger partial charge in [-0.05, 0) is 77.4 Å². The number of hydrogen-bond acceptors (Lipinski definition) is 0. The monoisotopic (exact) mass is 689 g/mol. The van der Waals surface area contributed by atoms with Crippen molar-refractivity contribution in [3.63, 3.8) is 0 Å². The summed E-state index contributed by atoms with van der Waals surface area (Å²) in [7, 11) is 0. The molecule has 0 radical (unpaired) electrons. The molecule has 8 aromatic carbocycles. The number of rotatable bonds is 3. The highest BCUT2D eigenvalue weighted by atomic mass is 15.0. The van der Waals surface area contributed by atoms with E-state index >= 15 is 0 Å². The zero-order valence-corrected chi connectivity index (χ0v) is 30.1. The van der Waals surface area contributed by atoms with Gasteiger partial charge in [-0.25, -0.2) is 0 Å². The van der Waals surface area contributed by atoms with Crippen LogP contribution in [0.2, 0.25) is 0 Å². The normalized spacial score (nSPS) is 13.5. The first-order valence-electron chi connectivity index (χ1n) is 18.9. The fourth-order valence-corrected chi connectivity index (χ4v) is 10.0. The van der Waals surface area contributed by atoms with Crippen LogP contribution in [0.15, 0.2) is 176 Å². The second kappa shape index (κ2) is 10.6. The molecule has 11 aromatic rings. The Morgan fingerprint density at radius 1 is 0.370 bits per heavy atom. The van der Waals surface area contributed by atoms with Crippen LogP contribution in [0.1, 0.15) is 25.0 Å². The highest BCUT2D eigenvalue weighted by Crippen LogP contribution is 2.58. The Morgan fingerprint density at radius 2 is 0.870 bits per heavy atom. The molecule has 0 fully saturated rings. The van der Waals surface area contributed by atoms with E-state index in [1.807, 2.05) is 0 Å². The molecule has 0 spiro atoms. The molecule has 0 saturated carbocycles. The predicted octanol–water partition coefficient (Wildman–Crippen LogP) is 13.3. The van der Waals surface area contributed by atoms with E-state index in [1.165, 1.54) is 99.0 Å². The maximum absolute atomic E-state index is 2.57. The molecule has 0 N–H and O–H groups in total. The minimum atomic E-state index is -0.224. The van der Waals surface area contributed by atoms with Crippen LogP contribution in [0.3, 0.4) is 0 Å². The van der Waals surface area contributed by atoms with Gasteiger partial charge in [0.2, 0.25) is 0 Å². The lowest BCUT2D eigenvalue weighted by Crippen LogP contribution is -2.15. The number of nitrogens with zero attached hydrogens (tertiary/aromatic N) is 3. The molecule has 0 atom stereocenters. The van der Waals surface area contributed by atoms with E-state index in [-0.39, 0.29) is 5.41 Å². The van der Waals surface area contributed by atoms with Crippen LogP contribution in [0, 0.1) is 0 Å². The molecule has 254 valence electrons. The number of fused-ring (bicyclic) bond motifs is 15. The fraction of sp³-hybridized carbons (Fsp3) is 0.0588. The summed E-state index contributed by atoms with van der Waals surface area (Å²) < 4.78 is 7.50. The molecule has 0 amide bonds. The van der Waals surface area contributed by atoms with Crippen molar-refractivity contribution < 1.29 is 0 Å². The molecule has 0 bridgehead atoms. The lowest BCUT2D eigenvalue weighted by Gasteiger charge is -2.23. The van der Waals surface area contributed by atoms with Crippen molar-refractivity contribution in [3.8, 4) is 28.2 Å². The van der Waals surface area contributed by atoms with Crippen LogP contribution < -0.4 is 0 Å². The quantitative estimate of drug-likeness (QED) is 0.175. The zero-order valence-electron chi connectivity index (χ0n) is 30.1. The van der Waals surface area contributed by atoms with E-state index in [0.29, 0.717) is 0 Å². The van der Waals surface area contributed by atoms with Crippen LogP contribution in [0.25, 0.3) is 93.6 Å². The van der Waals surface area contributed by atoms with Gasteiger partial charge in [-0.1, -0.05) is 129 Å². The largest absolute Gasteiger partial charge is 0.309 e. The van der Waals surface area contributed by atoms with E-state index in [9.17, 15) is 0 Å². The summed E-state index contributed by atoms with van der Waals surface area (Å²) in [5.41, 5.74) is 16.1. The second-order valence-electron chi connectivity index (χ2n) is 15.3. The summed E-state index contributed by atoms with van der Waals surface area (Å²) in [6.45, 7) is 4.85. The molecular formula is C51H35N3. The second-order valence-corrected chi connectivity index (χ2v) is 15.3. The lowest BCUT2D eigenvalue weighted by atomic mass is 9.80. The third-order valence-corrected chi connectivity index (χ3v) is 12.2. The first-order chi connectivity index (χ1) is 26.6. The molecule has 1 aliphatic carbocycles. The van der Waals surface area contributed by atoms with Gasteiger partial charge in [0.05, 0.1) is 33.1 Å². The minimum Gasteiger partial charge on any atom is -0.309 e. The predicted molar refractivity (Wildman–Crippen MR) is 227 cm³/mol. The lowest BCUT2D eigenvalue weighted by molar-refractivity contribution is 0.667. The van der Waals surface area contributed by atoms with Crippen LogP contribution >= 0.6 is 0 Å². The van der Waals surface area contributed by atoms with Crippen molar-refractivity contribution >= 4 is 65.4 Å². The van der Waals surface area contributed by atoms with E-state index in [0.717, 1.165) is 5.69 Å². The topological polar surface area (TPSA) is 14.8 Å². The van der Waals surface area contributed by atoms with Gasteiger partial charge in [0.25, 0.3) is 0 Å². The first kappa shape index (κ1) is 29.7. The Kier molecular flexibility index (Phi) is 5.84. The van der Waals surface area contributed by atoms with E-state index in [4.69, 9.17) is 0 Å². The molecule has 54 heavy (non-hydrogen) atoms. The third kappa shape index (κ3) is 3.71. The average molecular weight is 690 g/mol. The standard InChI is InChI=1S/C51H35N3/c1-51(2)40-25-13-9-22-36(40)45-48(51)46-37-23-11-15-27-42(37)54(50(46)47-38-24-12-16-28-43(38)53(49(45)47)33-19-7-4-8-20-33)34-29-30-44-39(31-34)35-21-10-14-26-41(35)52(44)32-17-5-3-6-18-32/h3-31H,1-2H3. The first-order valence-corrected chi connectivity index (χ1v) is 18.9. The smallest absolute Gasteiger partial charge is 0.0644 e. The molecule has 3 aromatic heterocycles. The molecule has 0 saturated heterocycles. The number of hydrogen-bond donors (Lipinski definition) is 0. The summed E-state index contributed by atoms with van der Waals surface area (Å²) >= 11 is 0. The Bertz CT molecular complexity index is 3340. The maximum Gasteiger partial charge on any atom is 0.0644 e. The van der Waals surface area contributed by atoms with Gasteiger partial charge in [-0.2, -0.15) is 0 Å². The Hall–Kier alpha value is -6.84. The Balaban J connectivity index is 1.32. The van der Waals surface area contributed by atoms with Gasteiger partial charge in [0, 0.05) is 60.4 Å². The van der Waals surface area contributed by atoms with Gasteiger partial charge in [-0.3, -0.25) is 0 Å². The molecule has 0 aliphatic heterocycles. The summed E-state index contributed by atoms with van der Waals surface area (Å²) in [6.07, 6.45) is 0. The summed E-state index contributed by atoms with van der Waals surface area (Å²) in [6, 6.07) is 64.8. The highest BCUT2D eigenvalue weighted by molar-refractivity contribution is 6.31. The van der Waals surface area contributed by atoms with Crippen LogP contribution in [0.4, 0.5) is 0 Å². The molecule has 12 rings (SSSR count). The maximum atomic E-state index is 2.57. The number of aromatic nitrogens is 3. The molecule has 3 heteroatoms. The SMILES string of the molecule is CC1(C)c2ccccc2-c2c1c1c3ccccc3n(-c3ccc4c(c3)c3ccccc3n4-c3ccccc3)c1c1c3ccccc3n(-c3ccccc3)c21. The van der Waals surface area contributed by atoms with E-state index in [1.54, 1.807) is 0 Å². The fourth-order valence-electron chi connectivity index (χ4n) is 10.0. The van der Waals surface area contributed by atoms with Gasteiger partial charge in [0.15, 0.2) is 0 Å². The van der Waals surface area contributed by atoms with Crippen molar-refractivity contribution in [1.82, 2.24) is 13.7 Å². The van der Waals surface area contributed by atoms with Gasteiger partial charge in [-0.15, -0.1) is 0 Å². The van der Waals surface area contributed by atoms with Crippen molar-refractivity contribution in [2.45, 2.75) is 19.3 Å². The van der Waals surface area contributed by atoms with Crippen molar-refractivity contribution in [2.24, 2.45) is 0 Å². The van der Waals surface area contributed by atoms with Gasteiger partial charge >= 0.3 is 0 Å². The molecule has 1 aliphatic rings. The summed E-state index contributed by atoms with van der Waals surface area (Å²) in [4.78, 5) is 0. The highest BCUT2D eigenvalue weighted by Gasteiger charge is 2.41. The zero-order chi connectivity index (χ0) is 35.7. The Labute approximate surface area is 312 Å². The van der Waals surface area contributed by atoms with Crippen molar-refractivity contribution in [2.75, 3.05) is 0 Å². The van der Waals surface area contributed by atoms with Crippen molar-refractivity contribution in [3.05, 3.63) is 187 Å². The molecule has 3 heterocycles. The van der Waals surface area contributed by atoms with Crippen LogP contribution in [-0.2, 0) is 5.41 Å². The van der Waals surface area contributed by atoms with E-state index < -0.39 is 0 Å². The third-order valence-electron chi connectivity index (χ3n) is 12.2. The van der Waals surface area contributed by atoms with Gasteiger partial charge < -0.3 is 13.7 Å². The summed E-state index contributed by atoms with van der Waals surface area (Å²) in [5.74, 6) is 0. The van der Waals surface area contributed by atoms with Crippen LogP contribution in [-0.4, -0.2) is 13.7 Å². The number of para-hydroxylation sites is 5. The molecular weight excluding hydrogens is 655 g/mol. The van der Waals surface area contributed by atoms with Gasteiger partial charge in [0.1, 0.15) is 0 Å². The number of benzene rings is 8.